The molecule has 1 aromatic carbocycles. The molecule has 7 heteroatoms. The molecular weight excluding hydrogens is 328 g/mol. The molecule has 1 aliphatic carbocycles. The lowest BCUT2D eigenvalue weighted by atomic mass is 9.79. The number of benzene rings is 1. The van der Waals surface area contributed by atoms with Crippen LogP contribution in [0.3, 0.4) is 0 Å². The molecule has 1 saturated carbocycles. The van der Waals surface area contributed by atoms with E-state index in [0.29, 0.717) is 11.6 Å². The van der Waals surface area contributed by atoms with Crippen LogP contribution in [0.5, 0.6) is 0 Å². The number of hydrogen-bond donors (Lipinski definition) is 2. The van der Waals surface area contributed by atoms with Gasteiger partial charge in [0, 0.05) is 29.9 Å². The molecule has 3 aromatic rings. The van der Waals surface area contributed by atoms with Crippen LogP contribution in [-0.4, -0.2) is 50.7 Å². The number of carbonyl (C=O) groups excluding carboxylic acids is 1. The number of aromatic nitrogens is 4. The van der Waals surface area contributed by atoms with Crippen LogP contribution < -0.4 is 5.32 Å². The molecule has 0 radical (unpaired) electrons. The van der Waals surface area contributed by atoms with Gasteiger partial charge in [-0.2, -0.15) is 0 Å². The zero-order valence-corrected chi connectivity index (χ0v) is 15.4. The topological polar surface area (TPSA) is 78.8 Å². The molecule has 1 fully saturated rings. The number of amides is 1. The molecule has 26 heavy (non-hydrogen) atoms. The summed E-state index contributed by atoms with van der Waals surface area (Å²) in [5.74, 6) is 2.29. The second kappa shape index (κ2) is 6.57. The standard InChI is InChI=1S/C19H24N6O/c1-24(2)11-17-22-23-18(25(17)3)13-8-14(9-13)20-19(26)16-10-12-6-4-5-7-15(12)21-16/h4-7,10,13-14,21H,8-9,11H2,1-3H3,(H,20,26). The molecule has 136 valence electrons. The highest BCUT2D eigenvalue weighted by Gasteiger charge is 2.35. The third kappa shape index (κ3) is 3.10. The Morgan fingerprint density at radius 2 is 2.08 bits per heavy atom. The van der Waals surface area contributed by atoms with Crippen molar-refractivity contribution in [2.75, 3.05) is 14.1 Å². The molecule has 7 nitrogen and oxygen atoms in total. The summed E-state index contributed by atoms with van der Waals surface area (Å²) in [6, 6.07) is 10.00. The number of carbonyl (C=O) groups is 1. The molecule has 0 unspecified atom stereocenters. The molecule has 4 rings (SSSR count). The minimum absolute atomic E-state index is 0.0455. The van der Waals surface area contributed by atoms with E-state index in [4.69, 9.17) is 0 Å². The van der Waals surface area contributed by atoms with Crippen LogP contribution in [0, 0.1) is 0 Å². The van der Waals surface area contributed by atoms with Crippen molar-refractivity contribution in [3.63, 3.8) is 0 Å². The fourth-order valence-electron chi connectivity index (χ4n) is 3.56. The second-order valence-electron chi connectivity index (χ2n) is 7.38. The maximum atomic E-state index is 12.5. The molecule has 2 heterocycles. The van der Waals surface area contributed by atoms with Crippen molar-refractivity contribution in [1.29, 1.82) is 0 Å². The largest absolute Gasteiger partial charge is 0.351 e. The summed E-state index contributed by atoms with van der Waals surface area (Å²) < 4.78 is 2.08. The highest BCUT2D eigenvalue weighted by atomic mass is 16.1. The van der Waals surface area contributed by atoms with E-state index in [9.17, 15) is 4.79 Å². The molecule has 0 saturated heterocycles. The predicted octanol–water partition coefficient (Wildman–Crippen LogP) is 2.03. The Balaban J connectivity index is 1.36. The van der Waals surface area contributed by atoms with Gasteiger partial charge >= 0.3 is 0 Å². The number of fused-ring (bicyclic) bond motifs is 1. The van der Waals surface area contributed by atoms with E-state index in [0.717, 1.165) is 41.9 Å². The minimum Gasteiger partial charge on any atom is -0.351 e. The normalized spacial score (nSPS) is 19.7. The van der Waals surface area contributed by atoms with Crippen molar-refractivity contribution < 1.29 is 4.79 Å². The quantitative estimate of drug-likeness (QED) is 0.736. The molecule has 2 N–H and O–H groups in total. The number of nitrogens with one attached hydrogen (secondary N) is 2. The fourth-order valence-corrected chi connectivity index (χ4v) is 3.56. The zero-order valence-electron chi connectivity index (χ0n) is 15.4. The van der Waals surface area contributed by atoms with E-state index in [1.54, 1.807) is 0 Å². The van der Waals surface area contributed by atoms with Gasteiger partial charge in [-0.15, -0.1) is 10.2 Å². The van der Waals surface area contributed by atoms with Gasteiger partial charge in [0.2, 0.25) is 0 Å². The smallest absolute Gasteiger partial charge is 0.267 e. The van der Waals surface area contributed by atoms with Gasteiger partial charge in [0.05, 0.1) is 6.54 Å². The van der Waals surface area contributed by atoms with Crippen LogP contribution in [-0.2, 0) is 13.6 Å². The van der Waals surface area contributed by atoms with Crippen molar-refractivity contribution in [1.82, 2.24) is 30.0 Å². The fraction of sp³-hybridized carbons (Fsp3) is 0.421. The van der Waals surface area contributed by atoms with Crippen molar-refractivity contribution in [2.24, 2.45) is 7.05 Å². The maximum Gasteiger partial charge on any atom is 0.267 e. The summed E-state index contributed by atoms with van der Waals surface area (Å²) in [5, 5.41) is 12.8. The lowest BCUT2D eigenvalue weighted by Gasteiger charge is -2.34. The molecule has 0 atom stereocenters. The van der Waals surface area contributed by atoms with Crippen molar-refractivity contribution in [3.8, 4) is 0 Å². The molecule has 0 spiro atoms. The van der Waals surface area contributed by atoms with E-state index in [-0.39, 0.29) is 11.9 Å². The van der Waals surface area contributed by atoms with Gasteiger partial charge in [0.25, 0.3) is 5.91 Å². The molecule has 1 amide bonds. The Bertz CT molecular complexity index is 902. The number of para-hydroxylation sites is 1. The lowest BCUT2D eigenvalue weighted by Crippen LogP contribution is -2.44. The van der Waals surface area contributed by atoms with Gasteiger partial charge < -0.3 is 19.8 Å². The van der Waals surface area contributed by atoms with Crippen LogP contribution >= 0.6 is 0 Å². The average molecular weight is 352 g/mol. The van der Waals surface area contributed by atoms with Gasteiger partial charge in [0.15, 0.2) is 0 Å². The summed E-state index contributed by atoms with van der Waals surface area (Å²) in [6.07, 6.45) is 1.81. The second-order valence-corrected chi connectivity index (χ2v) is 7.38. The van der Waals surface area contributed by atoms with Crippen LogP contribution in [0.1, 0.15) is 40.9 Å². The molecule has 1 aliphatic rings. The molecule has 0 bridgehead atoms. The van der Waals surface area contributed by atoms with Crippen molar-refractivity contribution >= 4 is 16.8 Å². The summed E-state index contributed by atoms with van der Waals surface area (Å²) in [5.41, 5.74) is 1.60. The number of hydrogen-bond acceptors (Lipinski definition) is 4. The van der Waals surface area contributed by atoms with Crippen LogP contribution in [0.4, 0.5) is 0 Å². The number of aromatic amines is 1. The SMILES string of the molecule is CN(C)Cc1nnc(C2CC(NC(=O)c3cc4ccccc4[nH]3)C2)n1C. The van der Waals surface area contributed by atoms with Gasteiger partial charge in [0.1, 0.15) is 17.3 Å². The van der Waals surface area contributed by atoms with Gasteiger partial charge in [-0.3, -0.25) is 4.79 Å². The van der Waals surface area contributed by atoms with Crippen molar-refractivity contribution in [2.45, 2.75) is 31.3 Å². The highest BCUT2D eigenvalue weighted by Crippen LogP contribution is 2.36. The van der Waals surface area contributed by atoms with Gasteiger partial charge in [-0.1, -0.05) is 18.2 Å². The zero-order chi connectivity index (χ0) is 18.3. The van der Waals surface area contributed by atoms with Crippen LogP contribution in [0.15, 0.2) is 30.3 Å². The summed E-state index contributed by atoms with van der Waals surface area (Å²) in [6.45, 7) is 0.775. The van der Waals surface area contributed by atoms with E-state index in [1.807, 2.05) is 51.5 Å². The lowest BCUT2D eigenvalue weighted by molar-refractivity contribution is 0.0902. The minimum atomic E-state index is -0.0455. The monoisotopic (exact) mass is 352 g/mol. The highest BCUT2D eigenvalue weighted by molar-refractivity contribution is 5.98. The Morgan fingerprint density at radius 1 is 1.31 bits per heavy atom. The Labute approximate surface area is 152 Å². The van der Waals surface area contributed by atoms with Crippen LogP contribution in [0.25, 0.3) is 10.9 Å². The first kappa shape index (κ1) is 16.8. The predicted molar refractivity (Wildman–Crippen MR) is 99.9 cm³/mol. The molecular formula is C19H24N6O. The van der Waals surface area contributed by atoms with E-state index in [2.05, 4.69) is 30.0 Å². The third-order valence-electron chi connectivity index (χ3n) is 5.07. The maximum absolute atomic E-state index is 12.5. The Kier molecular flexibility index (Phi) is 4.24. The molecule has 2 aromatic heterocycles. The van der Waals surface area contributed by atoms with Gasteiger partial charge in [-0.25, -0.2) is 0 Å². The number of rotatable bonds is 5. The first-order valence-electron chi connectivity index (χ1n) is 8.93. The first-order valence-corrected chi connectivity index (χ1v) is 8.93. The number of nitrogens with zero attached hydrogens (tertiary/aromatic N) is 4. The first-order chi connectivity index (χ1) is 12.5. The van der Waals surface area contributed by atoms with Crippen LogP contribution in [0.2, 0.25) is 0 Å². The van der Waals surface area contributed by atoms with Gasteiger partial charge in [-0.05, 0) is 39.1 Å². The summed E-state index contributed by atoms with van der Waals surface area (Å²) >= 11 is 0. The van der Waals surface area contributed by atoms with E-state index < -0.39 is 0 Å². The third-order valence-corrected chi connectivity index (χ3v) is 5.07. The molecule has 0 aliphatic heterocycles. The van der Waals surface area contributed by atoms with E-state index in [1.165, 1.54) is 0 Å². The summed E-state index contributed by atoms with van der Waals surface area (Å²) in [7, 11) is 6.06. The van der Waals surface area contributed by atoms with Crippen molar-refractivity contribution in [3.05, 3.63) is 47.7 Å². The number of H-pyrrole nitrogens is 1. The summed E-state index contributed by atoms with van der Waals surface area (Å²) in [4.78, 5) is 17.7. The van der Waals surface area contributed by atoms with E-state index >= 15 is 0 Å². The Morgan fingerprint density at radius 3 is 2.81 bits per heavy atom. The average Bonchev–Trinajstić information content (AvgIpc) is 3.15. The Hall–Kier alpha value is -2.67.